The number of guanidine groups is 1. The average Bonchev–Trinajstić information content (AvgIpc) is 2.70. The Bertz CT molecular complexity index is 325. The molecule has 1 aliphatic heterocycles. The maximum absolute atomic E-state index is 10.4. The number of nitrogens with zero attached hydrogens (tertiary/aromatic N) is 3. The summed E-state index contributed by atoms with van der Waals surface area (Å²) in [7, 11) is 0. The normalized spacial score (nSPS) is 18.6. The fourth-order valence-electron chi connectivity index (χ4n) is 1.75. The van der Waals surface area contributed by atoms with E-state index in [1.807, 2.05) is 11.1 Å². The van der Waals surface area contributed by atoms with Crippen molar-refractivity contribution in [2.45, 2.75) is 39.5 Å². The fourth-order valence-corrected chi connectivity index (χ4v) is 1.75. The minimum atomic E-state index is -0.661. The van der Waals surface area contributed by atoms with Gasteiger partial charge in [0, 0.05) is 19.3 Å². The zero-order valence-corrected chi connectivity index (χ0v) is 10.5. The molecule has 1 saturated heterocycles. The monoisotopic (exact) mass is 240 g/mol. The predicted octanol–water partition coefficient (Wildman–Crippen LogP) is 1.92. The molecular formula is C11H20N4O2. The van der Waals surface area contributed by atoms with E-state index in [2.05, 4.69) is 24.3 Å². The molecule has 6 nitrogen and oxygen atoms in total. The van der Waals surface area contributed by atoms with Gasteiger partial charge in [0.15, 0.2) is 5.03 Å². The number of allylic oxidation sites excluding steroid dienone is 1. The minimum absolute atomic E-state index is 0.345. The van der Waals surface area contributed by atoms with Crippen LogP contribution >= 0.6 is 0 Å². The number of hydrogen-bond acceptors (Lipinski definition) is 2. The van der Waals surface area contributed by atoms with Gasteiger partial charge in [0.2, 0.25) is 0 Å². The lowest BCUT2D eigenvalue weighted by Gasteiger charge is -2.13. The van der Waals surface area contributed by atoms with Gasteiger partial charge in [-0.05, 0) is 19.3 Å². The van der Waals surface area contributed by atoms with E-state index < -0.39 is 5.03 Å². The SMILES string of the molecule is CCCC/C(=C/N1CCN/C1=N\[N+](=O)[O-])CC. The summed E-state index contributed by atoms with van der Waals surface area (Å²) in [6, 6.07) is 0. The van der Waals surface area contributed by atoms with E-state index in [0.29, 0.717) is 12.5 Å². The smallest absolute Gasteiger partial charge is 0.275 e. The maximum Gasteiger partial charge on any atom is 0.275 e. The molecule has 0 aromatic carbocycles. The van der Waals surface area contributed by atoms with Crippen LogP contribution in [0.25, 0.3) is 0 Å². The van der Waals surface area contributed by atoms with E-state index in [1.54, 1.807) is 0 Å². The van der Waals surface area contributed by atoms with E-state index in [4.69, 9.17) is 0 Å². The highest BCUT2D eigenvalue weighted by atomic mass is 16.7. The van der Waals surface area contributed by atoms with Crippen molar-refractivity contribution in [1.82, 2.24) is 10.2 Å². The van der Waals surface area contributed by atoms with Gasteiger partial charge < -0.3 is 10.2 Å². The molecule has 0 bridgehead atoms. The highest BCUT2D eigenvalue weighted by Gasteiger charge is 2.19. The Morgan fingerprint density at radius 2 is 2.41 bits per heavy atom. The van der Waals surface area contributed by atoms with Gasteiger partial charge in [0.05, 0.1) is 0 Å². The third-order valence-electron chi connectivity index (χ3n) is 2.73. The van der Waals surface area contributed by atoms with Crippen molar-refractivity contribution in [2.24, 2.45) is 5.10 Å². The van der Waals surface area contributed by atoms with Crippen LogP contribution in [0.1, 0.15) is 39.5 Å². The van der Waals surface area contributed by atoms with Gasteiger partial charge in [-0.15, -0.1) is 0 Å². The number of hydrogen-bond donors (Lipinski definition) is 1. The Morgan fingerprint density at radius 1 is 1.65 bits per heavy atom. The Morgan fingerprint density at radius 3 is 3.00 bits per heavy atom. The van der Waals surface area contributed by atoms with Crippen LogP contribution in [0.2, 0.25) is 0 Å². The molecule has 0 aromatic heterocycles. The summed E-state index contributed by atoms with van der Waals surface area (Å²) in [5.74, 6) is 0.345. The summed E-state index contributed by atoms with van der Waals surface area (Å²) in [4.78, 5) is 12.2. The molecule has 0 spiro atoms. The number of unbranched alkanes of at least 4 members (excludes halogenated alkanes) is 1. The first-order chi connectivity index (χ1) is 8.17. The highest BCUT2D eigenvalue weighted by molar-refractivity contribution is 5.82. The van der Waals surface area contributed by atoms with Gasteiger partial charge in [-0.3, -0.25) is 0 Å². The van der Waals surface area contributed by atoms with Crippen LogP contribution in [-0.4, -0.2) is 29.0 Å². The molecule has 1 heterocycles. The molecule has 1 N–H and O–H groups in total. The zero-order valence-electron chi connectivity index (χ0n) is 10.5. The third kappa shape index (κ3) is 4.42. The van der Waals surface area contributed by atoms with Crippen molar-refractivity contribution in [1.29, 1.82) is 0 Å². The summed E-state index contributed by atoms with van der Waals surface area (Å²) >= 11 is 0. The Kier molecular flexibility index (Phi) is 5.45. The van der Waals surface area contributed by atoms with Gasteiger partial charge in [-0.1, -0.05) is 25.8 Å². The summed E-state index contributed by atoms with van der Waals surface area (Å²) < 4.78 is 0. The lowest BCUT2D eigenvalue weighted by atomic mass is 10.1. The van der Waals surface area contributed by atoms with Crippen molar-refractivity contribution in [2.75, 3.05) is 13.1 Å². The second-order valence-electron chi connectivity index (χ2n) is 4.03. The van der Waals surface area contributed by atoms with Crippen LogP contribution < -0.4 is 5.32 Å². The van der Waals surface area contributed by atoms with Crippen LogP contribution in [0.15, 0.2) is 16.9 Å². The predicted molar refractivity (Wildman–Crippen MR) is 67.0 cm³/mol. The first-order valence-corrected chi connectivity index (χ1v) is 6.10. The van der Waals surface area contributed by atoms with E-state index in [9.17, 15) is 10.1 Å². The van der Waals surface area contributed by atoms with Gasteiger partial charge in [0.1, 0.15) is 5.10 Å². The second kappa shape index (κ2) is 6.88. The highest BCUT2D eigenvalue weighted by Crippen LogP contribution is 2.13. The molecule has 6 heteroatoms. The van der Waals surface area contributed by atoms with Crippen molar-refractivity contribution >= 4 is 5.96 Å². The summed E-state index contributed by atoms with van der Waals surface area (Å²) in [5.41, 5.74) is 1.31. The molecule has 1 rings (SSSR count). The van der Waals surface area contributed by atoms with Crippen molar-refractivity contribution < 1.29 is 5.03 Å². The van der Waals surface area contributed by atoms with Crippen LogP contribution in [0.4, 0.5) is 0 Å². The molecule has 0 aromatic rings. The third-order valence-corrected chi connectivity index (χ3v) is 2.73. The van der Waals surface area contributed by atoms with Gasteiger partial charge >= 0.3 is 0 Å². The fraction of sp³-hybridized carbons (Fsp3) is 0.727. The molecular weight excluding hydrogens is 220 g/mol. The number of hydrazone groups is 1. The Balaban J connectivity index is 2.69. The van der Waals surface area contributed by atoms with Gasteiger partial charge in [0.25, 0.3) is 5.96 Å². The summed E-state index contributed by atoms with van der Waals surface area (Å²) in [6.45, 7) is 5.70. The topological polar surface area (TPSA) is 70.8 Å². The molecule has 0 saturated carbocycles. The molecule has 0 aliphatic carbocycles. The van der Waals surface area contributed by atoms with Gasteiger partial charge in [-0.2, -0.15) is 0 Å². The molecule has 0 unspecified atom stereocenters. The lowest BCUT2D eigenvalue weighted by molar-refractivity contribution is -0.485. The van der Waals surface area contributed by atoms with Gasteiger partial charge in [-0.25, -0.2) is 10.1 Å². The van der Waals surface area contributed by atoms with Crippen LogP contribution in [-0.2, 0) is 0 Å². The van der Waals surface area contributed by atoms with Crippen molar-refractivity contribution in [3.8, 4) is 0 Å². The largest absolute Gasteiger partial charge is 0.349 e. The molecule has 0 amide bonds. The first-order valence-electron chi connectivity index (χ1n) is 6.10. The van der Waals surface area contributed by atoms with E-state index in [0.717, 1.165) is 32.2 Å². The second-order valence-corrected chi connectivity index (χ2v) is 4.03. The summed E-state index contributed by atoms with van der Waals surface area (Å²) in [5, 5.41) is 15.9. The molecule has 0 radical (unpaired) electrons. The lowest BCUT2D eigenvalue weighted by Crippen LogP contribution is -2.27. The van der Waals surface area contributed by atoms with Crippen molar-refractivity contribution in [3.63, 3.8) is 0 Å². The summed E-state index contributed by atoms with van der Waals surface area (Å²) in [6.07, 6.45) is 6.34. The first kappa shape index (κ1) is 13.5. The molecule has 1 fully saturated rings. The standard InChI is InChI=1S/C11H20N4O2/c1-3-5-6-10(4-2)9-14-8-7-12-11(14)13-15(16)17/h9H,3-8H2,1-2H3,(H,12,13)/b10-9+. The van der Waals surface area contributed by atoms with Crippen molar-refractivity contribution in [3.05, 3.63) is 21.9 Å². The van der Waals surface area contributed by atoms with E-state index in [-0.39, 0.29) is 0 Å². The zero-order chi connectivity index (χ0) is 12.7. The average molecular weight is 240 g/mol. The Hall–Kier alpha value is -1.59. The maximum atomic E-state index is 10.4. The molecule has 17 heavy (non-hydrogen) atoms. The number of rotatable bonds is 6. The minimum Gasteiger partial charge on any atom is -0.349 e. The Labute approximate surface area is 102 Å². The van der Waals surface area contributed by atoms with E-state index >= 15 is 0 Å². The molecule has 0 atom stereocenters. The molecule has 1 aliphatic rings. The van der Waals surface area contributed by atoms with Crippen LogP contribution in [0.3, 0.4) is 0 Å². The van der Waals surface area contributed by atoms with E-state index in [1.165, 1.54) is 5.57 Å². The quantitative estimate of drug-likeness (QED) is 0.568. The van der Waals surface area contributed by atoms with Crippen LogP contribution in [0, 0.1) is 10.1 Å². The molecule has 96 valence electrons. The number of nitro groups is 1. The number of nitrogens with one attached hydrogen (secondary N) is 1. The van der Waals surface area contributed by atoms with Crippen LogP contribution in [0.5, 0.6) is 0 Å².